The minimum absolute atomic E-state index is 0. The molecule has 1 aromatic rings. The Hall–Kier alpha value is -0.530. The van der Waals surface area contributed by atoms with Gasteiger partial charge in [0.25, 0.3) is 0 Å². The van der Waals surface area contributed by atoms with Crippen LogP contribution >= 0.6 is 12.4 Å². The van der Waals surface area contributed by atoms with E-state index < -0.39 is 0 Å². The van der Waals surface area contributed by atoms with Crippen molar-refractivity contribution in [2.75, 3.05) is 6.54 Å². The Balaban J connectivity index is 0.000000963. The third-order valence-electron chi connectivity index (χ3n) is 4.10. The Morgan fingerprint density at radius 2 is 1.81 bits per heavy atom. The number of hydrogen-bond acceptors (Lipinski definition) is 1. The van der Waals surface area contributed by atoms with Gasteiger partial charge in [0, 0.05) is 5.54 Å². The van der Waals surface area contributed by atoms with E-state index in [0.29, 0.717) is 5.54 Å². The molecule has 1 spiro atoms. The van der Waals surface area contributed by atoms with Crippen LogP contribution in [0.1, 0.15) is 36.8 Å². The maximum Gasteiger partial charge on any atom is 0.0225 e. The first-order chi connectivity index (χ1) is 7.38. The first-order valence-electron chi connectivity index (χ1n) is 6.20. The van der Waals surface area contributed by atoms with Crippen LogP contribution in [0.4, 0.5) is 0 Å². The van der Waals surface area contributed by atoms with Crippen molar-refractivity contribution in [1.82, 2.24) is 5.32 Å². The quantitative estimate of drug-likeness (QED) is 0.731. The standard InChI is InChI=1S/C14H19N.ClH/c1-2-6-13-11-14(8-3-4-10-15-14)9-7-12(13)5-1;/h1-2,5-6,15H,3-4,7-11H2;1H. The number of halogens is 1. The molecule has 2 aliphatic rings. The third kappa shape index (κ3) is 2.11. The van der Waals surface area contributed by atoms with Crippen LogP contribution in [0.15, 0.2) is 24.3 Å². The number of rotatable bonds is 0. The minimum Gasteiger partial charge on any atom is -0.311 e. The minimum atomic E-state index is 0. The molecule has 1 fully saturated rings. The molecule has 0 aromatic heterocycles. The van der Waals surface area contributed by atoms with Crippen LogP contribution in [0.2, 0.25) is 0 Å². The maximum absolute atomic E-state index is 3.78. The Labute approximate surface area is 104 Å². The van der Waals surface area contributed by atoms with Crippen molar-refractivity contribution in [2.24, 2.45) is 0 Å². The number of fused-ring (bicyclic) bond motifs is 1. The zero-order chi connectivity index (χ0) is 10.1. The first-order valence-corrected chi connectivity index (χ1v) is 6.20. The van der Waals surface area contributed by atoms with Crippen molar-refractivity contribution < 1.29 is 0 Å². The van der Waals surface area contributed by atoms with Gasteiger partial charge in [0.05, 0.1) is 0 Å². The van der Waals surface area contributed by atoms with Crippen LogP contribution in [0.5, 0.6) is 0 Å². The largest absolute Gasteiger partial charge is 0.311 e. The summed E-state index contributed by atoms with van der Waals surface area (Å²) in [5, 5.41) is 3.78. The van der Waals surface area contributed by atoms with Gasteiger partial charge >= 0.3 is 0 Å². The number of aryl methyl sites for hydroxylation is 1. The average Bonchev–Trinajstić information content (AvgIpc) is 2.30. The van der Waals surface area contributed by atoms with Crippen molar-refractivity contribution in [2.45, 2.75) is 44.1 Å². The zero-order valence-electron chi connectivity index (χ0n) is 9.67. The van der Waals surface area contributed by atoms with E-state index in [1.54, 1.807) is 11.1 Å². The van der Waals surface area contributed by atoms with Crippen LogP contribution in [-0.2, 0) is 12.8 Å². The molecule has 1 nitrogen and oxygen atoms in total. The fourth-order valence-corrected chi connectivity index (χ4v) is 3.20. The summed E-state index contributed by atoms with van der Waals surface area (Å²) < 4.78 is 0. The van der Waals surface area contributed by atoms with Gasteiger partial charge in [-0.3, -0.25) is 0 Å². The van der Waals surface area contributed by atoms with Gasteiger partial charge in [0.1, 0.15) is 0 Å². The molecule has 1 heterocycles. The molecular formula is C14H20ClN. The topological polar surface area (TPSA) is 12.0 Å². The summed E-state index contributed by atoms with van der Waals surface area (Å²) in [7, 11) is 0. The van der Waals surface area contributed by atoms with Crippen molar-refractivity contribution >= 4 is 12.4 Å². The Morgan fingerprint density at radius 3 is 2.56 bits per heavy atom. The highest BCUT2D eigenvalue weighted by atomic mass is 35.5. The molecule has 0 saturated carbocycles. The highest BCUT2D eigenvalue weighted by Crippen LogP contribution is 2.34. The summed E-state index contributed by atoms with van der Waals surface area (Å²) in [5.41, 5.74) is 3.61. The molecule has 88 valence electrons. The summed E-state index contributed by atoms with van der Waals surface area (Å²) in [6.45, 7) is 1.22. The lowest BCUT2D eigenvalue weighted by atomic mass is 9.74. The van der Waals surface area contributed by atoms with Gasteiger partial charge in [0.2, 0.25) is 0 Å². The molecule has 16 heavy (non-hydrogen) atoms. The number of hydrogen-bond donors (Lipinski definition) is 1. The molecule has 1 aliphatic carbocycles. The maximum atomic E-state index is 3.78. The normalized spacial score (nSPS) is 28.2. The van der Waals surface area contributed by atoms with E-state index in [4.69, 9.17) is 0 Å². The van der Waals surface area contributed by atoms with Gasteiger partial charge in [-0.2, -0.15) is 0 Å². The third-order valence-corrected chi connectivity index (χ3v) is 4.10. The lowest BCUT2D eigenvalue weighted by molar-refractivity contribution is 0.225. The molecule has 1 atom stereocenters. The predicted molar refractivity (Wildman–Crippen MR) is 70.3 cm³/mol. The summed E-state index contributed by atoms with van der Waals surface area (Å²) in [4.78, 5) is 0. The van der Waals surface area contributed by atoms with Gasteiger partial charge in [-0.1, -0.05) is 30.7 Å². The highest BCUT2D eigenvalue weighted by Gasteiger charge is 2.34. The summed E-state index contributed by atoms with van der Waals surface area (Å²) >= 11 is 0. The second kappa shape index (κ2) is 4.77. The van der Waals surface area contributed by atoms with Crippen LogP contribution in [0, 0.1) is 0 Å². The first kappa shape index (κ1) is 11.9. The molecule has 1 aliphatic heterocycles. The SMILES string of the molecule is Cl.c1ccc2c(c1)CCC1(CCCCN1)C2. The molecule has 1 N–H and O–H groups in total. The highest BCUT2D eigenvalue weighted by molar-refractivity contribution is 5.85. The fourth-order valence-electron chi connectivity index (χ4n) is 3.20. The summed E-state index contributed by atoms with van der Waals surface area (Å²) in [6.07, 6.45) is 8.01. The second-order valence-corrected chi connectivity index (χ2v) is 5.11. The van der Waals surface area contributed by atoms with E-state index in [9.17, 15) is 0 Å². The summed E-state index contributed by atoms with van der Waals surface area (Å²) in [6, 6.07) is 8.96. The van der Waals surface area contributed by atoms with Gasteiger partial charge in [0.15, 0.2) is 0 Å². The second-order valence-electron chi connectivity index (χ2n) is 5.11. The molecular weight excluding hydrogens is 218 g/mol. The zero-order valence-corrected chi connectivity index (χ0v) is 10.5. The smallest absolute Gasteiger partial charge is 0.0225 e. The van der Waals surface area contributed by atoms with Crippen molar-refractivity contribution in [3.63, 3.8) is 0 Å². The van der Waals surface area contributed by atoms with E-state index in [-0.39, 0.29) is 12.4 Å². The van der Waals surface area contributed by atoms with E-state index in [0.717, 1.165) is 0 Å². The van der Waals surface area contributed by atoms with Gasteiger partial charge in [-0.05, 0) is 49.8 Å². The molecule has 1 saturated heterocycles. The van der Waals surface area contributed by atoms with E-state index >= 15 is 0 Å². The number of benzene rings is 1. The number of nitrogens with one attached hydrogen (secondary N) is 1. The molecule has 0 bridgehead atoms. The average molecular weight is 238 g/mol. The van der Waals surface area contributed by atoms with E-state index in [2.05, 4.69) is 29.6 Å². The number of piperidine rings is 1. The lowest BCUT2D eigenvalue weighted by Gasteiger charge is -2.42. The van der Waals surface area contributed by atoms with Crippen LogP contribution in [-0.4, -0.2) is 12.1 Å². The fraction of sp³-hybridized carbons (Fsp3) is 0.571. The predicted octanol–water partition coefficient (Wildman–Crippen LogP) is 3.11. The Morgan fingerprint density at radius 1 is 1.00 bits per heavy atom. The van der Waals surface area contributed by atoms with Gasteiger partial charge < -0.3 is 5.32 Å². The van der Waals surface area contributed by atoms with Crippen molar-refractivity contribution in [1.29, 1.82) is 0 Å². The van der Waals surface area contributed by atoms with Crippen molar-refractivity contribution in [3.05, 3.63) is 35.4 Å². The molecule has 1 aromatic carbocycles. The monoisotopic (exact) mass is 237 g/mol. The van der Waals surface area contributed by atoms with Crippen molar-refractivity contribution in [3.8, 4) is 0 Å². The Kier molecular flexibility index (Phi) is 3.56. The molecule has 0 amide bonds. The molecule has 1 unspecified atom stereocenters. The Bertz CT molecular complexity index is 356. The lowest BCUT2D eigenvalue weighted by Crippen LogP contribution is -2.52. The van der Waals surface area contributed by atoms with Crippen LogP contribution < -0.4 is 5.32 Å². The molecule has 0 radical (unpaired) electrons. The molecule has 3 rings (SSSR count). The molecule has 2 heteroatoms. The van der Waals surface area contributed by atoms with Gasteiger partial charge in [-0.15, -0.1) is 12.4 Å². The van der Waals surface area contributed by atoms with Crippen LogP contribution in [0.3, 0.4) is 0 Å². The van der Waals surface area contributed by atoms with Crippen LogP contribution in [0.25, 0.3) is 0 Å². The van der Waals surface area contributed by atoms with Gasteiger partial charge in [-0.25, -0.2) is 0 Å². The summed E-state index contributed by atoms with van der Waals surface area (Å²) in [5.74, 6) is 0. The van der Waals surface area contributed by atoms with E-state index in [1.165, 1.54) is 45.1 Å². The van der Waals surface area contributed by atoms with E-state index in [1.807, 2.05) is 0 Å².